The molecule has 3 heterocycles. The van der Waals surface area contributed by atoms with Gasteiger partial charge in [0, 0.05) is 38.2 Å². The standard InChI is InChI=1S/C57H33N3O2/c1-2-10-34(11-3-1)36-22-20-35-21-24-39(30-42(35)28-36)55-58-56(40-25-23-37-32-49-46-13-4-6-17-50(46)62-53(49)33-43(37)31-40)60-57(59-55)41-26-27-44-38(29-41)12-8-15-45(44)47-16-9-19-52-54(47)48-14-5-7-18-51(48)61-52/h1-33H. The Morgan fingerprint density at radius 3 is 1.58 bits per heavy atom. The van der Waals surface area contributed by atoms with E-state index >= 15 is 0 Å². The summed E-state index contributed by atoms with van der Waals surface area (Å²) < 4.78 is 12.6. The molecule has 0 aliphatic carbocycles. The summed E-state index contributed by atoms with van der Waals surface area (Å²) in [5.74, 6) is 1.81. The van der Waals surface area contributed by atoms with Crippen LogP contribution in [0.5, 0.6) is 0 Å². The lowest BCUT2D eigenvalue weighted by Crippen LogP contribution is -2.00. The van der Waals surface area contributed by atoms with Crippen molar-refractivity contribution in [2.45, 2.75) is 0 Å². The number of nitrogens with zero attached hydrogens (tertiary/aromatic N) is 3. The van der Waals surface area contributed by atoms with E-state index in [0.717, 1.165) is 110 Å². The molecule has 0 fully saturated rings. The fourth-order valence-corrected chi connectivity index (χ4v) is 9.22. The van der Waals surface area contributed by atoms with E-state index < -0.39 is 0 Å². The highest BCUT2D eigenvalue weighted by Gasteiger charge is 2.18. The first-order valence-electron chi connectivity index (χ1n) is 20.8. The molecule has 0 atom stereocenters. The van der Waals surface area contributed by atoms with E-state index in [1.807, 2.05) is 36.4 Å². The summed E-state index contributed by atoms with van der Waals surface area (Å²) in [4.78, 5) is 15.6. The molecule has 0 bridgehead atoms. The van der Waals surface area contributed by atoms with E-state index in [1.54, 1.807) is 0 Å². The summed E-state index contributed by atoms with van der Waals surface area (Å²) in [6, 6.07) is 70.0. The van der Waals surface area contributed by atoms with Crippen molar-refractivity contribution in [1.29, 1.82) is 0 Å². The second-order valence-electron chi connectivity index (χ2n) is 16.0. The van der Waals surface area contributed by atoms with Crippen LogP contribution in [-0.4, -0.2) is 15.0 Å². The van der Waals surface area contributed by atoms with Crippen LogP contribution in [0.25, 0.3) is 133 Å². The van der Waals surface area contributed by atoms with Gasteiger partial charge in [0.2, 0.25) is 0 Å². The van der Waals surface area contributed by atoms with E-state index in [4.69, 9.17) is 23.8 Å². The SMILES string of the molecule is c1ccc(-c2ccc3ccc(-c4nc(-c5ccc6cc7c(cc6c5)oc5ccccc57)nc(-c5ccc6c(-c7cccc8oc9ccccc9c78)cccc6c5)n4)cc3c2)cc1. The molecule has 0 amide bonds. The second kappa shape index (κ2) is 13.6. The molecule has 0 saturated carbocycles. The van der Waals surface area contributed by atoms with Gasteiger partial charge in [-0.25, -0.2) is 15.0 Å². The van der Waals surface area contributed by atoms with Gasteiger partial charge in [0.15, 0.2) is 17.5 Å². The second-order valence-corrected chi connectivity index (χ2v) is 16.0. The van der Waals surface area contributed by atoms with Crippen molar-refractivity contribution in [3.63, 3.8) is 0 Å². The third-order valence-electron chi connectivity index (χ3n) is 12.3. The van der Waals surface area contributed by atoms with Crippen molar-refractivity contribution in [3.05, 3.63) is 200 Å². The lowest BCUT2D eigenvalue weighted by Gasteiger charge is -2.12. The van der Waals surface area contributed by atoms with Crippen LogP contribution >= 0.6 is 0 Å². The van der Waals surface area contributed by atoms with Crippen molar-refractivity contribution in [2.24, 2.45) is 0 Å². The van der Waals surface area contributed by atoms with Gasteiger partial charge in [-0.15, -0.1) is 0 Å². The van der Waals surface area contributed by atoms with Gasteiger partial charge in [-0.3, -0.25) is 0 Å². The molecule has 5 nitrogen and oxygen atoms in total. The maximum atomic E-state index is 6.29. The molecule has 0 unspecified atom stereocenters. The van der Waals surface area contributed by atoms with Crippen molar-refractivity contribution >= 4 is 76.2 Å². The minimum atomic E-state index is 0.599. The highest BCUT2D eigenvalue weighted by molar-refractivity contribution is 6.15. The van der Waals surface area contributed by atoms with Crippen molar-refractivity contribution < 1.29 is 8.83 Å². The number of para-hydroxylation sites is 2. The molecular weight excluding hydrogens is 759 g/mol. The first kappa shape index (κ1) is 34.5. The van der Waals surface area contributed by atoms with Crippen LogP contribution in [0.3, 0.4) is 0 Å². The molecule has 10 aromatic carbocycles. The molecule has 288 valence electrons. The Kier molecular flexibility index (Phi) is 7.54. The zero-order valence-electron chi connectivity index (χ0n) is 33.2. The summed E-state index contributed by atoms with van der Waals surface area (Å²) in [6.07, 6.45) is 0. The molecule has 5 heteroatoms. The number of hydrogen-bond acceptors (Lipinski definition) is 5. The molecule has 0 saturated heterocycles. The Morgan fingerprint density at radius 1 is 0.258 bits per heavy atom. The highest BCUT2D eigenvalue weighted by atomic mass is 16.3. The maximum Gasteiger partial charge on any atom is 0.164 e. The van der Waals surface area contributed by atoms with Crippen molar-refractivity contribution in [3.8, 4) is 56.4 Å². The maximum absolute atomic E-state index is 6.29. The minimum absolute atomic E-state index is 0.599. The number of benzene rings is 10. The lowest BCUT2D eigenvalue weighted by molar-refractivity contribution is 0.669. The fraction of sp³-hybridized carbons (Fsp3) is 0. The zero-order chi connectivity index (χ0) is 40.7. The minimum Gasteiger partial charge on any atom is -0.456 e. The summed E-state index contributed by atoms with van der Waals surface area (Å²) in [5, 5.41) is 11.1. The van der Waals surface area contributed by atoms with Gasteiger partial charge in [0.25, 0.3) is 0 Å². The number of aromatic nitrogens is 3. The van der Waals surface area contributed by atoms with Gasteiger partial charge in [0.05, 0.1) is 0 Å². The van der Waals surface area contributed by atoms with E-state index in [9.17, 15) is 0 Å². The Morgan fingerprint density at radius 2 is 0.806 bits per heavy atom. The summed E-state index contributed by atoms with van der Waals surface area (Å²) >= 11 is 0. The van der Waals surface area contributed by atoms with Gasteiger partial charge in [0.1, 0.15) is 22.3 Å². The number of hydrogen-bond donors (Lipinski definition) is 0. The molecular formula is C57H33N3O2. The molecule has 13 aromatic rings. The van der Waals surface area contributed by atoms with Crippen molar-refractivity contribution in [1.82, 2.24) is 15.0 Å². The van der Waals surface area contributed by atoms with E-state index in [-0.39, 0.29) is 0 Å². The van der Waals surface area contributed by atoms with Crippen LogP contribution in [0, 0.1) is 0 Å². The average molecular weight is 792 g/mol. The molecule has 0 N–H and O–H groups in total. The third kappa shape index (κ3) is 5.60. The lowest BCUT2D eigenvalue weighted by atomic mass is 9.94. The van der Waals surface area contributed by atoms with Gasteiger partial charge in [-0.2, -0.15) is 0 Å². The van der Waals surface area contributed by atoms with Gasteiger partial charge in [-0.1, -0.05) is 146 Å². The van der Waals surface area contributed by atoms with Crippen LogP contribution in [0.1, 0.15) is 0 Å². The van der Waals surface area contributed by atoms with Crippen LogP contribution in [-0.2, 0) is 0 Å². The van der Waals surface area contributed by atoms with Gasteiger partial charge >= 0.3 is 0 Å². The molecule has 13 rings (SSSR count). The number of furan rings is 2. The van der Waals surface area contributed by atoms with Crippen LogP contribution in [0.15, 0.2) is 209 Å². The summed E-state index contributed by atoms with van der Waals surface area (Å²) in [6.45, 7) is 0. The smallest absolute Gasteiger partial charge is 0.164 e. The number of rotatable bonds is 5. The number of fused-ring (bicyclic) bond motifs is 9. The first-order chi connectivity index (χ1) is 30.7. The summed E-state index contributed by atoms with van der Waals surface area (Å²) in [7, 11) is 0. The molecule has 0 aliphatic heterocycles. The Labute approximate surface area is 355 Å². The predicted octanol–water partition coefficient (Wildman–Crippen LogP) is 15.5. The Hall–Kier alpha value is -8.41. The van der Waals surface area contributed by atoms with E-state index in [1.165, 1.54) is 5.56 Å². The van der Waals surface area contributed by atoms with Crippen LogP contribution in [0.4, 0.5) is 0 Å². The molecule has 3 aromatic heterocycles. The fourth-order valence-electron chi connectivity index (χ4n) is 9.22. The van der Waals surface area contributed by atoms with E-state index in [2.05, 4.69) is 164 Å². The Balaban J connectivity index is 0.976. The van der Waals surface area contributed by atoms with Crippen LogP contribution in [0.2, 0.25) is 0 Å². The molecule has 0 aliphatic rings. The largest absolute Gasteiger partial charge is 0.456 e. The predicted molar refractivity (Wildman–Crippen MR) is 254 cm³/mol. The van der Waals surface area contributed by atoms with Gasteiger partial charge < -0.3 is 8.83 Å². The Bertz CT molecular complexity index is 3940. The molecule has 0 radical (unpaired) electrons. The quantitative estimate of drug-likeness (QED) is 0.174. The normalized spacial score (nSPS) is 11.9. The molecule has 0 spiro atoms. The molecule has 62 heavy (non-hydrogen) atoms. The zero-order valence-corrected chi connectivity index (χ0v) is 33.2. The topological polar surface area (TPSA) is 65.0 Å². The third-order valence-corrected chi connectivity index (χ3v) is 12.3. The van der Waals surface area contributed by atoms with E-state index in [0.29, 0.717) is 17.5 Å². The van der Waals surface area contributed by atoms with Crippen molar-refractivity contribution in [2.75, 3.05) is 0 Å². The first-order valence-corrected chi connectivity index (χ1v) is 20.8. The van der Waals surface area contributed by atoms with Gasteiger partial charge in [-0.05, 0) is 109 Å². The highest BCUT2D eigenvalue weighted by Crippen LogP contribution is 2.40. The monoisotopic (exact) mass is 791 g/mol. The summed E-state index contributed by atoms with van der Waals surface area (Å²) in [5.41, 5.74) is 10.8. The average Bonchev–Trinajstić information content (AvgIpc) is 3.90. The van der Waals surface area contributed by atoms with Crippen LogP contribution < -0.4 is 0 Å².